The van der Waals surface area contributed by atoms with E-state index in [-0.39, 0.29) is 12.1 Å². The van der Waals surface area contributed by atoms with Crippen LogP contribution in [0.15, 0.2) is 18.2 Å². The molecule has 0 spiro atoms. The zero-order chi connectivity index (χ0) is 19.3. The Kier molecular flexibility index (Phi) is 6.05. The smallest absolute Gasteiger partial charge is 0.269 e. The van der Waals surface area contributed by atoms with Crippen molar-refractivity contribution in [2.75, 3.05) is 21.3 Å². The topological polar surface area (TPSA) is 104 Å². The molecule has 0 radical (unpaired) electrons. The standard InChI is InChI=1S/C17H22N4O5/c1-10-6-11(2)21(20-10)9-15(22)18-19-17(23)12-7-13(24-3)16(26-5)14(8-12)25-4/h6-8H,9H2,1-5H3,(H,18,22)(H,19,23). The Morgan fingerprint density at radius 2 is 1.62 bits per heavy atom. The Hall–Kier alpha value is -3.23. The Bertz CT molecular complexity index is 790. The number of carbonyl (C=O) groups is 2. The molecular formula is C17H22N4O5. The summed E-state index contributed by atoms with van der Waals surface area (Å²) in [5, 5.41) is 4.20. The van der Waals surface area contributed by atoms with Crippen LogP contribution in [0, 0.1) is 13.8 Å². The lowest BCUT2D eigenvalue weighted by Gasteiger charge is -2.14. The van der Waals surface area contributed by atoms with E-state index in [2.05, 4.69) is 16.0 Å². The molecule has 0 unspecified atom stereocenters. The molecule has 1 aromatic heterocycles. The monoisotopic (exact) mass is 362 g/mol. The molecule has 0 aliphatic carbocycles. The first-order chi connectivity index (χ1) is 12.4. The zero-order valence-electron chi connectivity index (χ0n) is 15.4. The lowest BCUT2D eigenvalue weighted by Crippen LogP contribution is -2.43. The average Bonchev–Trinajstić information content (AvgIpc) is 2.95. The number of methoxy groups -OCH3 is 3. The minimum Gasteiger partial charge on any atom is -0.493 e. The molecule has 0 saturated carbocycles. The van der Waals surface area contributed by atoms with Crippen LogP contribution < -0.4 is 25.1 Å². The largest absolute Gasteiger partial charge is 0.493 e. The number of aromatic nitrogens is 2. The molecular weight excluding hydrogens is 340 g/mol. The molecule has 2 amide bonds. The lowest BCUT2D eigenvalue weighted by molar-refractivity contribution is -0.122. The first kappa shape index (κ1) is 19.1. The molecule has 0 bridgehead atoms. The van der Waals surface area contributed by atoms with Crippen LogP contribution in [0.1, 0.15) is 21.7 Å². The number of rotatable bonds is 6. The summed E-state index contributed by atoms with van der Waals surface area (Å²) >= 11 is 0. The zero-order valence-corrected chi connectivity index (χ0v) is 15.4. The van der Waals surface area contributed by atoms with Gasteiger partial charge >= 0.3 is 0 Å². The predicted octanol–water partition coefficient (Wildman–Crippen LogP) is 0.987. The van der Waals surface area contributed by atoms with Gasteiger partial charge in [0.05, 0.1) is 27.0 Å². The lowest BCUT2D eigenvalue weighted by atomic mass is 10.1. The van der Waals surface area contributed by atoms with Crippen LogP contribution in [0.4, 0.5) is 0 Å². The summed E-state index contributed by atoms with van der Waals surface area (Å²) in [6.07, 6.45) is 0. The second-order valence-corrected chi connectivity index (χ2v) is 5.50. The van der Waals surface area contributed by atoms with Gasteiger partial charge < -0.3 is 14.2 Å². The van der Waals surface area contributed by atoms with Gasteiger partial charge in [-0.25, -0.2) is 0 Å². The number of hydrazine groups is 1. The SMILES string of the molecule is COc1cc(C(=O)NNC(=O)Cn2nc(C)cc2C)cc(OC)c1OC. The number of nitrogens with zero attached hydrogens (tertiary/aromatic N) is 2. The van der Waals surface area contributed by atoms with Crippen molar-refractivity contribution in [2.24, 2.45) is 0 Å². The number of ether oxygens (including phenoxy) is 3. The highest BCUT2D eigenvalue weighted by Gasteiger charge is 2.17. The number of hydrogen-bond acceptors (Lipinski definition) is 6. The van der Waals surface area contributed by atoms with Gasteiger partial charge in [0.15, 0.2) is 11.5 Å². The van der Waals surface area contributed by atoms with E-state index in [0.29, 0.717) is 17.2 Å². The molecule has 9 nitrogen and oxygen atoms in total. The molecule has 9 heteroatoms. The number of carbonyl (C=O) groups excluding carboxylic acids is 2. The molecule has 0 saturated heterocycles. The predicted molar refractivity (Wildman–Crippen MR) is 93.4 cm³/mol. The summed E-state index contributed by atoms with van der Waals surface area (Å²) in [7, 11) is 4.38. The molecule has 0 fully saturated rings. The third kappa shape index (κ3) is 4.24. The Labute approximate surface area is 151 Å². The second kappa shape index (κ2) is 8.24. The number of hydrogen-bond donors (Lipinski definition) is 2. The summed E-state index contributed by atoms with van der Waals surface area (Å²) in [6, 6.07) is 4.84. The Balaban J connectivity index is 2.05. The molecule has 0 atom stereocenters. The van der Waals surface area contributed by atoms with Crippen molar-refractivity contribution >= 4 is 11.8 Å². The van der Waals surface area contributed by atoms with Gasteiger partial charge in [-0.2, -0.15) is 5.10 Å². The quantitative estimate of drug-likeness (QED) is 0.743. The summed E-state index contributed by atoms with van der Waals surface area (Å²) < 4.78 is 17.2. The van der Waals surface area contributed by atoms with Crippen molar-refractivity contribution in [3.8, 4) is 17.2 Å². The molecule has 0 aliphatic rings. The van der Waals surface area contributed by atoms with Crippen molar-refractivity contribution in [2.45, 2.75) is 20.4 Å². The van der Waals surface area contributed by atoms with Gasteiger partial charge in [-0.3, -0.25) is 25.1 Å². The van der Waals surface area contributed by atoms with Gasteiger partial charge in [0, 0.05) is 11.3 Å². The maximum atomic E-state index is 12.3. The maximum absolute atomic E-state index is 12.3. The van der Waals surface area contributed by atoms with Crippen LogP contribution in [0.2, 0.25) is 0 Å². The van der Waals surface area contributed by atoms with Crippen molar-refractivity contribution < 1.29 is 23.8 Å². The van der Waals surface area contributed by atoms with E-state index >= 15 is 0 Å². The summed E-state index contributed by atoms with van der Waals surface area (Å²) in [5.41, 5.74) is 6.62. The molecule has 140 valence electrons. The summed E-state index contributed by atoms with van der Waals surface area (Å²) in [4.78, 5) is 24.3. The molecule has 2 N–H and O–H groups in total. The third-order valence-corrected chi connectivity index (χ3v) is 3.64. The van der Waals surface area contributed by atoms with Gasteiger partial charge in [0.25, 0.3) is 11.8 Å². The number of amides is 2. The van der Waals surface area contributed by atoms with Crippen LogP contribution in [0.5, 0.6) is 17.2 Å². The molecule has 26 heavy (non-hydrogen) atoms. The van der Waals surface area contributed by atoms with Gasteiger partial charge in [-0.05, 0) is 32.0 Å². The van der Waals surface area contributed by atoms with Gasteiger partial charge in [-0.15, -0.1) is 0 Å². The van der Waals surface area contributed by atoms with E-state index < -0.39 is 11.8 Å². The highest BCUT2D eigenvalue weighted by Crippen LogP contribution is 2.38. The van der Waals surface area contributed by atoms with Crippen molar-refractivity contribution in [3.05, 3.63) is 35.2 Å². The van der Waals surface area contributed by atoms with Crippen LogP contribution >= 0.6 is 0 Å². The number of aryl methyl sites for hydroxylation is 2. The fourth-order valence-corrected chi connectivity index (χ4v) is 2.42. The van der Waals surface area contributed by atoms with Crippen LogP contribution in [0.3, 0.4) is 0 Å². The third-order valence-electron chi connectivity index (χ3n) is 3.64. The number of nitrogens with one attached hydrogen (secondary N) is 2. The minimum atomic E-state index is -0.522. The molecule has 2 aromatic rings. The first-order valence-corrected chi connectivity index (χ1v) is 7.79. The molecule has 1 heterocycles. The van der Waals surface area contributed by atoms with Crippen molar-refractivity contribution in [1.82, 2.24) is 20.6 Å². The highest BCUT2D eigenvalue weighted by atomic mass is 16.5. The van der Waals surface area contributed by atoms with E-state index in [1.807, 2.05) is 19.9 Å². The van der Waals surface area contributed by atoms with Crippen LogP contribution in [0.25, 0.3) is 0 Å². The van der Waals surface area contributed by atoms with E-state index in [4.69, 9.17) is 14.2 Å². The normalized spacial score (nSPS) is 10.2. The van der Waals surface area contributed by atoms with Gasteiger partial charge in [0.1, 0.15) is 6.54 Å². The summed E-state index contributed by atoms with van der Waals surface area (Å²) in [5.74, 6) is 0.125. The first-order valence-electron chi connectivity index (χ1n) is 7.79. The van der Waals surface area contributed by atoms with E-state index in [1.54, 1.807) is 4.68 Å². The molecule has 2 rings (SSSR count). The highest BCUT2D eigenvalue weighted by molar-refractivity contribution is 5.96. The maximum Gasteiger partial charge on any atom is 0.269 e. The van der Waals surface area contributed by atoms with Crippen molar-refractivity contribution in [1.29, 1.82) is 0 Å². The molecule has 1 aromatic carbocycles. The fraction of sp³-hybridized carbons (Fsp3) is 0.353. The fourth-order valence-electron chi connectivity index (χ4n) is 2.42. The summed E-state index contributed by atoms with van der Waals surface area (Å²) in [6.45, 7) is 3.69. The molecule has 0 aliphatic heterocycles. The van der Waals surface area contributed by atoms with E-state index in [1.165, 1.54) is 33.5 Å². The van der Waals surface area contributed by atoms with Crippen LogP contribution in [-0.2, 0) is 11.3 Å². The van der Waals surface area contributed by atoms with Gasteiger partial charge in [-0.1, -0.05) is 0 Å². The van der Waals surface area contributed by atoms with E-state index in [9.17, 15) is 9.59 Å². The van der Waals surface area contributed by atoms with Crippen molar-refractivity contribution in [3.63, 3.8) is 0 Å². The second-order valence-electron chi connectivity index (χ2n) is 5.50. The number of benzene rings is 1. The minimum absolute atomic E-state index is 0.00475. The van der Waals surface area contributed by atoms with Gasteiger partial charge in [0.2, 0.25) is 5.75 Å². The van der Waals surface area contributed by atoms with Crippen LogP contribution in [-0.4, -0.2) is 42.9 Å². The Morgan fingerprint density at radius 3 is 2.08 bits per heavy atom. The Morgan fingerprint density at radius 1 is 1.00 bits per heavy atom. The van der Waals surface area contributed by atoms with E-state index in [0.717, 1.165) is 11.4 Å². The average molecular weight is 362 g/mol.